The Morgan fingerprint density at radius 3 is 2.90 bits per heavy atom. The standard InChI is InChI=1S/C14H14FN3O2/c1-8-11(15)4-3-5-12(8)18-7-10(6-13(18)19)14-16-9(2)17-20-14/h3-5,10H,6-7H2,1-2H3. The van der Waals surface area contributed by atoms with Crippen molar-refractivity contribution in [1.29, 1.82) is 0 Å². The lowest BCUT2D eigenvalue weighted by Crippen LogP contribution is -2.25. The fourth-order valence-electron chi connectivity index (χ4n) is 2.47. The van der Waals surface area contributed by atoms with Gasteiger partial charge in [0.1, 0.15) is 5.82 Å². The number of benzene rings is 1. The summed E-state index contributed by atoms with van der Waals surface area (Å²) < 4.78 is 18.7. The van der Waals surface area contributed by atoms with Gasteiger partial charge in [0.05, 0.1) is 5.92 Å². The van der Waals surface area contributed by atoms with E-state index >= 15 is 0 Å². The van der Waals surface area contributed by atoms with Crippen LogP contribution >= 0.6 is 0 Å². The second-order valence-electron chi connectivity index (χ2n) is 4.97. The van der Waals surface area contributed by atoms with Gasteiger partial charge in [-0.25, -0.2) is 4.39 Å². The molecule has 1 amide bonds. The average molecular weight is 275 g/mol. The Kier molecular flexibility index (Phi) is 3.00. The first-order valence-electron chi connectivity index (χ1n) is 6.42. The highest BCUT2D eigenvalue weighted by Crippen LogP contribution is 2.33. The summed E-state index contributed by atoms with van der Waals surface area (Å²) >= 11 is 0. The Bertz CT molecular complexity index is 668. The van der Waals surface area contributed by atoms with Gasteiger partial charge in [0.25, 0.3) is 0 Å². The Morgan fingerprint density at radius 1 is 1.40 bits per heavy atom. The van der Waals surface area contributed by atoms with Crippen LogP contribution in [0.2, 0.25) is 0 Å². The fraction of sp³-hybridized carbons (Fsp3) is 0.357. The molecule has 0 aliphatic carbocycles. The number of aromatic nitrogens is 2. The lowest BCUT2D eigenvalue weighted by atomic mass is 10.1. The van der Waals surface area contributed by atoms with E-state index in [1.165, 1.54) is 6.07 Å². The quantitative estimate of drug-likeness (QED) is 0.844. The molecule has 1 saturated heterocycles. The summed E-state index contributed by atoms with van der Waals surface area (Å²) in [5.74, 6) is 0.513. The monoisotopic (exact) mass is 275 g/mol. The van der Waals surface area contributed by atoms with E-state index in [1.54, 1.807) is 30.9 Å². The van der Waals surface area contributed by atoms with Crippen molar-refractivity contribution in [2.75, 3.05) is 11.4 Å². The van der Waals surface area contributed by atoms with E-state index in [9.17, 15) is 9.18 Å². The maximum atomic E-state index is 13.6. The van der Waals surface area contributed by atoms with Crippen molar-refractivity contribution in [3.05, 3.63) is 41.3 Å². The minimum Gasteiger partial charge on any atom is -0.339 e. The molecule has 20 heavy (non-hydrogen) atoms. The third-order valence-electron chi connectivity index (χ3n) is 3.55. The molecule has 104 valence electrons. The molecule has 1 aliphatic rings. The molecule has 2 heterocycles. The molecule has 5 nitrogen and oxygen atoms in total. The average Bonchev–Trinajstić information content (AvgIpc) is 2.99. The summed E-state index contributed by atoms with van der Waals surface area (Å²) in [5.41, 5.74) is 1.08. The van der Waals surface area contributed by atoms with Crippen molar-refractivity contribution in [3.63, 3.8) is 0 Å². The highest BCUT2D eigenvalue weighted by atomic mass is 19.1. The molecule has 1 fully saturated rings. The predicted octanol–water partition coefficient (Wildman–Crippen LogP) is 2.35. The van der Waals surface area contributed by atoms with Gasteiger partial charge in [-0.3, -0.25) is 4.79 Å². The van der Waals surface area contributed by atoms with Crippen LogP contribution in [0.25, 0.3) is 0 Å². The van der Waals surface area contributed by atoms with E-state index in [0.717, 1.165) is 0 Å². The highest BCUT2D eigenvalue weighted by Gasteiger charge is 2.35. The Labute approximate surface area is 115 Å². The van der Waals surface area contributed by atoms with Gasteiger partial charge in [0.15, 0.2) is 5.82 Å². The van der Waals surface area contributed by atoms with Crippen LogP contribution in [0.3, 0.4) is 0 Å². The first-order valence-corrected chi connectivity index (χ1v) is 6.42. The van der Waals surface area contributed by atoms with Crippen LogP contribution in [0.4, 0.5) is 10.1 Å². The minimum absolute atomic E-state index is 0.0560. The van der Waals surface area contributed by atoms with E-state index in [2.05, 4.69) is 10.1 Å². The normalized spacial score (nSPS) is 18.9. The largest absolute Gasteiger partial charge is 0.339 e. The number of aryl methyl sites for hydroxylation is 1. The molecule has 1 atom stereocenters. The number of hydrogen-bond acceptors (Lipinski definition) is 4. The van der Waals surface area contributed by atoms with Crippen LogP contribution in [-0.4, -0.2) is 22.6 Å². The van der Waals surface area contributed by atoms with Crippen molar-refractivity contribution < 1.29 is 13.7 Å². The molecule has 0 spiro atoms. The number of amides is 1. The Balaban J connectivity index is 1.89. The number of rotatable bonds is 2. The van der Waals surface area contributed by atoms with Crippen LogP contribution in [-0.2, 0) is 4.79 Å². The lowest BCUT2D eigenvalue weighted by molar-refractivity contribution is -0.117. The van der Waals surface area contributed by atoms with Crippen LogP contribution in [0.5, 0.6) is 0 Å². The second kappa shape index (κ2) is 4.70. The van der Waals surface area contributed by atoms with Crippen LogP contribution in [0, 0.1) is 19.7 Å². The first-order chi connectivity index (χ1) is 9.56. The molecule has 0 radical (unpaired) electrons. The Morgan fingerprint density at radius 2 is 2.20 bits per heavy atom. The summed E-state index contributed by atoms with van der Waals surface area (Å²) in [6, 6.07) is 4.74. The van der Waals surface area contributed by atoms with Crippen molar-refractivity contribution in [2.45, 2.75) is 26.2 Å². The number of halogens is 1. The van der Waals surface area contributed by atoms with Crippen molar-refractivity contribution in [3.8, 4) is 0 Å². The number of nitrogens with zero attached hydrogens (tertiary/aromatic N) is 3. The van der Waals surface area contributed by atoms with Gasteiger partial charge in [-0.05, 0) is 26.0 Å². The van der Waals surface area contributed by atoms with E-state index in [0.29, 0.717) is 35.9 Å². The molecule has 1 aromatic carbocycles. The van der Waals surface area contributed by atoms with Crippen LogP contribution in [0.15, 0.2) is 22.7 Å². The van der Waals surface area contributed by atoms with E-state index in [4.69, 9.17) is 4.52 Å². The van der Waals surface area contributed by atoms with Crippen molar-refractivity contribution >= 4 is 11.6 Å². The van der Waals surface area contributed by atoms with E-state index in [-0.39, 0.29) is 17.6 Å². The fourth-order valence-corrected chi connectivity index (χ4v) is 2.47. The maximum absolute atomic E-state index is 13.6. The van der Waals surface area contributed by atoms with Crippen molar-refractivity contribution in [2.24, 2.45) is 0 Å². The molecule has 1 aliphatic heterocycles. The van der Waals surface area contributed by atoms with Crippen molar-refractivity contribution in [1.82, 2.24) is 10.1 Å². The maximum Gasteiger partial charge on any atom is 0.232 e. The summed E-state index contributed by atoms with van der Waals surface area (Å²) in [7, 11) is 0. The third kappa shape index (κ3) is 2.07. The van der Waals surface area contributed by atoms with E-state index < -0.39 is 0 Å². The topological polar surface area (TPSA) is 59.2 Å². The van der Waals surface area contributed by atoms with Gasteiger partial charge in [-0.2, -0.15) is 4.98 Å². The molecular weight excluding hydrogens is 261 g/mol. The second-order valence-corrected chi connectivity index (χ2v) is 4.97. The van der Waals surface area contributed by atoms with Crippen LogP contribution in [0.1, 0.15) is 29.6 Å². The van der Waals surface area contributed by atoms with Gasteiger partial charge < -0.3 is 9.42 Å². The summed E-state index contributed by atoms with van der Waals surface area (Å²) in [5, 5.41) is 3.74. The third-order valence-corrected chi connectivity index (χ3v) is 3.55. The molecule has 6 heteroatoms. The predicted molar refractivity (Wildman–Crippen MR) is 69.9 cm³/mol. The SMILES string of the molecule is Cc1noc(C2CC(=O)N(c3cccc(F)c3C)C2)n1. The number of hydrogen-bond donors (Lipinski definition) is 0. The highest BCUT2D eigenvalue weighted by molar-refractivity contribution is 5.97. The molecule has 1 unspecified atom stereocenters. The molecule has 0 bridgehead atoms. The van der Waals surface area contributed by atoms with Gasteiger partial charge in [0.2, 0.25) is 11.8 Å². The molecular formula is C14H14FN3O2. The zero-order valence-corrected chi connectivity index (χ0v) is 11.3. The summed E-state index contributed by atoms with van der Waals surface area (Å²) in [6.07, 6.45) is 0.303. The number of carbonyl (C=O) groups is 1. The lowest BCUT2D eigenvalue weighted by Gasteiger charge is -2.18. The van der Waals surface area contributed by atoms with Crippen LogP contribution < -0.4 is 4.90 Å². The van der Waals surface area contributed by atoms with Gasteiger partial charge in [-0.15, -0.1) is 0 Å². The first kappa shape index (κ1) is 12.8. The summed E-state index contributed by atoms with van der Waals surface area (Å²) in [6.45, 7) is 3.84. The van der Waals surface area contributed by atoms with Gasteiger partial charge >= 0.3 is 0 Å². The number of carbonyl (C=O) groups excluding carboxylic acids is 1. The van der Waals surface area contributed by atoms with Gasteiger partial charge in [0, 0.05) is 24.2 Å². The minimum atomic E-state index is -0.313. The molecule has 0 saturated carbocycles. The zero-order chi connectivity index (χ0) is 14.3. The molecule has 2 aromatic rings. The summed E-state index contributed by atoms with van der Waals surface area (Å²) in [4.78, 5) is 17.9. The molecule has 0 N–H and O–H groups in total. The zero-order valence-electron chi connectivity index (χ0n) is 11.3. The van der Waals surface area contributed by atoms with E-state index in [1.807, 2.05) is 0 Å². The number of anilines is 1. The molecule has 1 aromatic heterocycles. The molecule has 3 rings (SSSR count). The smallest absolute Gasteiger partial charge is 0.232 e. The van der Waals surface area contributed by atoms with Gasteiger partial charge in [-0.1, -0.05) is 11.2 Å². The Hall–Kier alpha value is -2.24.